The monoisotopic (exact) mass is 353 g/mol. The lowest BCUT2D eigenvalue weighted by Gasteiger charge is -2.24. The van der Waals surface area contributed by atoms with Crippen molar-refractivity contribution in [2.24, 2.45) is 0 Å². The molecule has 2 nitrogen and oxygen atoms in total. The van der Waals surface area contributed by atoms with Crippen LogP contribution in [0.3, 0.4) is 0 Å². The zero-order chi connectivity index (χ0) is 15.2. The molecule has 20 heavy (non-hydrogen) atoms. The molecule has 0 amide bonds. The molecular formula is C14H19BrF3NO. The van der Waals surface area contributed by atoms with Crippen molar-refractivity contribution < 1.29 is 17.9 Å². The van der Waals surface area contributed by atoms with Gasteiger partial charge in [0.2, 0.25) is 0 Å². The average Bonchev–Trinajstić information content (AvgIpc) is 2.42. The summed E-state index contributed by atoms with van der Waals surface area (Å²) in [5, 5.41) is 0.188. The molecule has 0 unspecified atom stereocenters. The van der Waals surface area contributed by atoms with Crippen molar-refractivity contribution >= 4 is 21.6 Å². The van der Waals surface area contributed by atoms with Crippen LogP contribution in [0.1, 0.15) is 25.0 Å². The van der Waals surface area contributed by atoms with Crippen LogP contribution in [0.2, 0.25) is 0 Å². The smallest absolute Gasteiger partial charge is 0.380 e. The van der Waals surface area contributed by atoms with E-state index in [1.807, 2.05) is 18.7 Å². The van der Waals surface area contributed by atoms with Gasteiger partial charge >= 0.3 is 6.18 Å². The molecule has 6 heteroatoms. The molecule has 0 fully saturated rings. The summed E-state index contributed by atoms with van der Waals surface area (Å²) < 4.78 is 44.3. The summed E-state index contributed by atoms with van der Waals surface area (Å²) in [6.45, 7) is 6.13. The van der Waals surface area contributed by atoms with Crippen molar-refractivity contribution in [2.75, 3.05) is 31.2 Å². The quantitative estimate of drug-likeness (QED) is 0.529. The van der Waals surface area contributed by atoms with E-state index >= 15 is 0 Å². The summed E-state index contributed by atoms with van der Waals surface area (Å²) in [5.41, 5.74) is 0.244. The molecule has 0 saturated heterocycles. The number of nitrogens with zero attached hydrogens (tertiary/aromatic N) is 1. The van der Waals surface area contributed by atoms with Crippen LogP contribution in [-0.4, -0.2) is 26.3 Å². The van der Waals surface area contributed by atoms with Crippen molar-refractivity contribution in [2.45, 2.75) is 25.4 Å². The van der Waals surface area contributed by atoms with Gasteiger partial charge in [-0.3, -0.25) is 0 Å². The van der Waals surface area contributed by atoms with Gasteiger partial charge in [-0.15, -0.1) is 0 Å². The number of hydrogen-bond donors (Lipinski definition) is 0. The maximum atomic E-state index is 13.0. The number of alkyl halides is 4. The molecule has 0 spiro atoms. The van der Waals surface area contributed by atoms with Gasteiger partial charge in [0.15, 0.2) is 0 Å². The van der Waals surface area contributed by atoms with Crippen LogP contribution in [0.15, 0.2) is 18.2 Å². The molecule has 0 aliphatic rings. The van der Waals surface area contributed by atoms with E-state index in [4.69, 9.17) is 4.74 Å². The number of rotatable bonds is 7. The van der Waals surface area contributed by atoms with E-state index in [0.29, 0.717) is 32.0 Å². The van der Waals surface area contributed by atoms with E-state index in [-0.39, 0.29) is 10.9 Å². The molecule has 114 valence electrons. The highest BCUT2D eigenvalue weighted by atomic mass is 79.9. The molecule has 0 heterocycles. The molecule has 1 rings (SSSR count). The minimum atomic E-state index is -4.33. The molecule has 1 aromatic rings. The fraction of sp³-hybridized carbons (Fsp3) is 0.571. The Morgan fingerprint density at radius 1 is 1.25 bits per heavy atom. The van der Waals surface area contributed by atoms with Gasteiger partial charge in [-0.05, 0) is 31.5 Å². The minimum absolute atomic E-state index is 0.188. The molecule has 0 aliphatic heterocycles. The predicted octanol–water partition coefficient (Wildman–Crippen LogP) is 4.46. The van der Waals surface area contributed by atoms with Crippen molar-refractivity contribution in [1.82, 2.24) is 0 Å². The third kappa shape index (κ3) is 4.66. The van der Waals surface area contributed by atoms with Crippen LogP contribution < -0.4 is 4.90 Å². The van der Waals surface area contributed by atoms with Gasteiger partial charge in [-0.1, -0.05) is 22.0 Å². The predicted molar refractivity (Wildman–Crippen MR) is 78.5 cm³/mol. The van der Waals surface area contributed by atoms with E-state index in [1.165, 1.54) is 12.1 Å². The number of benzene rings is 1. The van der Waals surface area contributed by atoms with Crippen molar-refractivity contribution in [1.29, 1.82) is 0 Å². The summed E-state index contributed by atoms with van der Waals surface area (Å²) in [6, 6.07) is 4.46. The van der Waals surface area contributed by atoms with Crippen LogP contribution >= 0.6 is 15.9 Å². The molecule has 0 atom stereocenters. The fourth-order valence-corrected chi connectivity index (χ4v) is 2.42. The number of hydrogen-bond acceptors (Lipinski definition) is 2. The average molecular weight is 354 g/mol. The van der Waals surface area contributed by atoms with Gasteiger partial charge in [-0.25, -0.2) is 0 Å². The first-order chi connectivity index (χ1) is 9.43. The Hall–Kier alpha value is -0.750. The summed E-state index contributed by atoms with van der Waals surface area (Å²) in [5.74, 6) is 0. The Bertz CT molecular complexity index is 423. The van der Waals surface area contributed by atoms with E-state index in [1.54, 1.807) is 6.07 Å². The topological polar surface area (TPSA) is 12.5 Å². The summed E-state index contributed by atoms with van der Waals surface area (Å²) in [4.78, 5) is 1.88. The Morgan fingerprint density at radius 2 is 1.95 bits per heavy atom. The first-order valence-electron chi connectivity index (χ1n) is 6.52. The molecule has 0 saturated carbocycles. The minimum Gasteiger partial charge on any atom is -0.380 e. The lowest BCUT2D eigenvalue weighted by Crippen LogP contribution is -2.27. The third-order valence-electron chi connectivity index (χ3n) is 3.00. The number of likely N-dealkylation sites (N-methyl/N-ethyl adjacent to an activating group) is 1. The van der Waals surface area contributed by atoms with E-state index in [0.717, 1.165) is 0 Å². The molecule has 0 bridgehead atoms. The Balaban J connectivity index is 2.99. The maximum Gasteiger partial charge on any atom is 0.416 e. The molecule has 0 aromatic heterocycles. The SMILES string of the molecule is CCOCCN(CC)c1ccc(CBr)c(C(F)(F)F)c1. The van der Waals surface area contributed by atoms with Crippen LogP contribution in [0.5, 0.6) is 0 Å². The van der Waals surface area contributed by atoms with Crippen LogP contribution in [0.4, 0.5) is 18.9 Å². The Labute approximate surface area is 126 Å². The molecule has 0 N–H and O–H groups in total. The first kappa shape index (κ1) is 17.3. The van der Waals surface area contributed by atoms with Gasteiger partial charge in [0.1, 0.15) is 0 Å². The summed E-state index contributed by atoms with van der Waals surface area (Å²) in [6.07, 6.45) is -4.33. The fourth-order valence-electron chi connectivity index (χ4n) is 1.93. The van der Waals surface area contributed by atoms with Crippen LogP contribution in [0.25, 0.3) is 0 Å². The third-order valence-corrected chi connectivity index (χ3v) is 3.60. The number of anilines is 1. The number of ether oxygens (including phenoxy) is 1. The zero-order valence-electron chi connectivity index (χ0n) is 11.6. The summed E-state index contributed by atoms with van der Waals surface area (Å²) >= 11 is 3.10. The van der Waals surface area contributed by atoms with Crippen molar-refractivity contribution in [3.05, 3.63) is 29.3 Å². The number of halogens is 4. The molecule has 0 aliphatic carbocycles. The van der Waals surface area contributed by atoms with Crippen LogP contribution in [0, 0.1) is 0 Å². The molecule has 0 radical (unpaired) electrons. The zero-order valence-corrected chi connectivity index (χ0v) is 13.2. The van der Waals surface area contributed by atoms with Gasteiger partial charge < -0.3 is 9.64 Å². The van der Waals surface area contributed by atoms with E-state index in [9.17, 15) is 13.2 Å². The van der Waals surface area contributed by atoms with Gasteiger partial charge in [0, 0.05) is 30.7 Å². The van der Waals surface area contributed by atoms with Gasteiger partial charge in [0.05, 0.1) is 12.2 Å². The first-order valence-corrected chi connectivity index (χ1v) is 7.64. The second-order valence-corrected chi connectivity index (χ2v) is 4.81. The molecular weight excluding hydrogens is 335 g/mol. The second kappa shape index (κ2) is 7.88. The highest BCUT2D eigenvalue weighted by Gasteiger charge is 2.33. The van der Waals surface area contributed by atoms with Gasteiger partial charge in [-0.2, -0.15) is 13.2 Å². The van der Waals surface area contributed by atoms with Crippen molar-refractivity contribution in [3.63, 3.8) is 0 Å². The van der Waals surface area contributed by atoms with E-state index in [2.05, 4.69) is 15.9 Å². The lowest BCUT2D eigenvalue weighted by molar-refractivity contribution is -0.138. The highest BCUT2D eigenvalue weighted by molar-refractivity contribution is 9.08. The standard InChI is InChI=1S/C14H19BrF3NO/c1-3-19(7-8-20-4-2)12-6-5-11(10-15)13(9-12)14(16,17)18/h5-6,9H,3-4,7-8,10H2,1-2H3. The Morgan fingerprint density at radius 3 is 2.45 bits per heavy atom. The Kier molecular flexibility index (Phi) is 6.82. The van der Waals surface area contributed by atoms with E-state index < -0.39 is 11.7 Å². The lowest BCUT2D eigenvalue weighted by atomic mass is 10.1. The van der Waals surface area contributed by atoms with Gasteiger partial charge in [0.25, 0.3) is 0 Å². The highest BCUT2D eigenvalue weighted by Crippen LogP contribution is 2.35. The maximum absolute atomic E-state index is 13.0. The normalized spacial score (nSPS) is 11.7. The molecule has 1 aromatic carbocycles. The van der Waals surface area contributed by atoms with Crippen LogP contribution in [-0.2, 0) is 16.2 Å². The van der Waals surface area contributed by atoms with Crippen molar-refractivity contribution in [3.8, 4) is 0 Å². The largest absolute Gasteiger partial charge is 0.416 e. The second-order valence-electron chi connectivity index (χ2n) is 4.25. The summed E-state index contributed by atoms with van der Waals surface area (Å²) in [7, 11) is 0.